The Morgan fingerprint density at radius 1 is 1.09 bits per heavy atom. The van der Waals surface area contributed by atoms with Gasteiger partial charge in [0.1, 0.15) is 13.1 Å². The van der Waals surface area contributed by atoms with Gasteiger partial charge in [-0.1, -0.05) is 0 Å². The van der Waals surface area contributed by atoms with Gasteiger partial charge in [-0.15, -0.1) is 0 Å². The summed E-state index contributed by atoms with van der Waals surface area (Å²) in [5.74, 6) is 1.63. The molecule has 0 unspecified atom stereocenters. The third kappa shape index (κ3) is 4.99. The minimum absolute atomic E-state index is 0. The van der Waals surface area contributed by atoms with Crippen molar-refractivity contribution >= 4 is 6.21 Å². The van der Waals surface area contributed by atoms with Crippen LogP contribution in [-0.2, 0) is 6.42 Å². The van der Waals surface area contributed by atoms with Crippen molar-refractivity contribution in [3.8, 4) is 11.5 Å². The van der Waals surface area contributed by atoms with Crippen molar-refractivity contribution in [3.63, 3.8) is 0 Å². The summed E-state index contributed by atoms with van der Waals surface area (Å²) in [6.07, 6.45) is 4.54. The van der Waals surface area contributed by atoms with Crippen LogP contribution in [0.4, 0.5) is 0 Å². The second-order valence-electron chi connectivity index (χ2n) is 6.69. The number of hydrogen-bond acceptors (Lipinski definition) is 2. The van der Waals surface area contributed by atoms with E-state index >= 15 is 0 Å². The molecule has 22 heavy (non-hydrogen) atoms. The van der Waals surface area contributed by atoms with Crippen LogP contribution in [0.15, 0.2) is 12.1 Å². The summed E-state index contributed by atoms with van der Waals surface area (Å²) in [6.45, 7) is 3.39. The standard InChI is InChI=1S/C17H28N2O2.BrH/c1-19(2,3)10-6-8-18-9-7-14-11-16(20-4)17(21-5)12-15(14)13-18;/h11-13H,6-10H2,1-5H3;1H/q+2;/p-1. The molecular formula is C17H28BrN2O2+. The quantitative estimate of drug-likeness (QED) is 0.462. The first-order valence-corrected chi connectivity index (χ1v) is 7.57. The number of methoxy groups -OCH3 is 2. The van der Waals surface area contributed by atoms with Crippen LogP contribution >= 0.6 is 0 Å². The Balaban J connectivity index is 0.00000242. The lowest BCUT2D eigenvalue weighted by Crippen LogP contribution is -3.00. The van der Waals surface area contributed by atoms with Gasteiger partial charge < -0.3 is 30.9 Å². The fourth-order valence-corrected chi connectivity index (χ4v) is 2.72. The Hall–Kier alpha value is -1.07. The van der Waals surface area contributed by atoms with Gasteiger partial charge in [0.05, 0.1) is 48.3 Å². The van der Waals surface area contributed by atoms with E-state index in [0.29, 0.717) is 0 Å². The molecule has 4 nitrogen and oxygen atoms in total. The van der Waals surface area contributed by atoms with Gasteiger partial charge in [-0.2, -0.15) is 0 Å². The molecule has 0 radical (unpaired) electrons. The fraction of sp³-hybridized carbons (Fsp3) is 0.588. The minimum atomic E-state index is 0. The maximum atomic E-state index is 5.40. The van der Waals surface area contributed by atoms with Crippen LogP contribution in [0.3, 0.4) is 0 Å². The zero-order valence-electron chi connectivity index (χ0n) is 14.4. The van der Waals surface area contributed by atoms with Crippen LogP contribution in [-0.4, -0.2) is 70.3 Å². The zero-order chi connectivity index (χ0) is 15.5. The summed E-state index contributed by atoms with van der Waals surface area (Å²) < 4.78 is 14.2. The van der Waals surface area contributed by atoms with Crippen LogP contribution in [0.1, 0.15) is 17.5 Å². The number of quaternary nitrogens is 1. The summed E-state index contributed by atoms with van der Waals surface area (Å²) in [4.78, 5) is 0. The van der Waals surface area contributed by atoms with Gasteiger partial charge in [-0.05, 0) is 17.7 Å². The van der Waals surface area contributed by atoms with E-state index in [0.717, 1.165) is 35.5 Å². The van der Waals surface area contributed by atoms with Gasteiger partial charge in [0.2, 0.25) is 0 Å². The van der Waals surface area contributed by atoms with E-state index in [1.165, 1.54) is 24.1 Å². The molecule has 1 aliphatic heterocycles. The highest BCUT2D eigenvalue weighted by Gasteiger charge is 2.19. The molecule has 0 amide bonds. The van der Waals surface area contributed by atoms with Crippen LogP contribution in [0.2, 0.25) is 0 Å². The molecule has 0 atom stereocenters. The molecule has 1 aromatic rings. The third-order valence-corrected chi connectivity index (χ3v) is 3.91. The number of nitrogens with zero attached hydrogens (tertiary/aromatic N) is 2. The van der Waals surface area contributed by atoms with Gasteiger partial charge in [0, 0.05) is 12.0 Å². The molecule has 0 fully saturated rings. The second kappa shape index (κ2) is 7.97. The number of ether oxygens (including phenoxy) is 2. The van der Waals surface area contributed by atoms with E-state index < -0.39 is 0 Å². The topological polar surface area (TPSA) is 21.5 Å². The molecular weight excluding hydrogens is 344 g/mol. The molecule has 0 spiro atoms. The molecule has 0 saturated heterocycles. The number of fused-ring (bicyclic) bond motifs is 1. The van der Waals surface area contributed by atoms with Crippen molar-refractivity contribution in [1.29, 1.82) is 0 Å². The monoisotopic (exact) mass is 371 g/mol. The van der Waals surface area contributed by atoms with Gasteiger partial charge >= 0.3 is 0 Å². The summed E-state index contributed by atoms with van der Waals surface area (Å²) in [6, 6.07) is 4.19. The molecule has 1 aromatic carbocycles. The van der Waals surface area contributed by atoms with Gasteiger partial charge in [0.25, 0.3) is 0 Å². The second-order valence-corrected chi connectivity index (χ2v) is 6.69. The largest absolute Gasteiger partial charge is 1.00 e. The predicted molar refractivity (Wildman–Crippen MR) is 85.9 cm³/mol. The first kappa shape index (κ1) is 19.0. The molecule has 0 saturated carbocycles. The van der Waals surface area contributed by atoms with Crippen molar-refractivity contribution in [2.75, 3.05) is 55.0 Å². The van der Waals surface area contributed by atoms with Crippen LogP contribution in [0.25, 0.3) is 0 Å². The Morgan fingerprint density at radius 2 is 1.73 bits per heavy atom. The number of benzene rings is 1. The van der Waals surface area contributed by atoms with E-state index in [4.69, 9.17) is 9.47 Å². The van der Waals surface area contributed by atoms with Crippen molar-refractivity contribution in [3.05, 3.63) is 23.3 Å². The Morgan fingerprint density at radius 3 is 2.32 bits per heavy atom. The average molecular weight is 372 g/mol. The first-order chi connectivity index (χ1) is 9.93. The fourth-order valence-electron chi connectivity index (χ4n) is 2.72. The average Bonchev–Trinajstić information content (AvgIpc) is 2.44. The maximum Gasteiger partial charge on any atom is 0.171 e. The molecule has 0 aliphatic carbocycles. The lowest BCUT2D eigenvalue weighted by molar-refractivity contribution is -0.871. The molecule has 124 valence electrons. The van der Waals surface area contributed by atoms with E-state index in [2.05, 4.69) is 44.1 Å². The van der Waals surface area contributed by atoms with Crippen molar-refractivity contribution in [2.24, 2.45) is 0 Å². The third-order valence-electron chi connectivity index (χ3n) is 3.91. The Bertz CT molecular complexity index is 536. The van der Waals surface area contributed by atoms with E-state index in [-0.39, 0.29) is 17.0 Å². The summed E-state index contributed by atoms with van der Waals surface area (Å²) in [7, 11) is 10.1. The zero-order valence-corrected chi connectivity index (χ0v) is 15.9. The molecule has 2 rings (SSSR count). The normalized spacial score (nSPS) is 13.8. The maximum absolute atomic E-state index is 5.40. The molecule has 5 heteroatoms. The SMILES string of the molecule is COc1cc2c(cc1OC)CC[N+](CCC[N+](C)(C)C)=C2.[Br-]. The highest BCUT2D eigenvalue weighted by Crippen LogP contribution is 2.31. The van der Waals surface area contributed by atoms with Crippen LogP contribution in [0, 0.1) is 0 Å². The molecule has 0 aromatic heterocycles. The first-order valence-electron chi connectivity index (χ1n) is 7.57. The predicted octanol–water partition coefficient (Wildman–Crippen LogP) is -1.21. The van der Waals surface area contributed by atoms with Crippen LogP contribution in [0.5, 0.6) is 11.5 Å². The molecule has 0 N–H and O–H groups in total. The number of halogens is 1. The molecule has 1 heterocycles. The lowest BCUT2D eigenvalue weighted by atomic mass is 10.0. The summed E-state index contributed by atoms with van der Waals surface area (Å²) in [5.41, 5.74) is 2.60. The van der Waals surface area contributed by atoms with Gasteiger partial charge in [0.15, 0.2) is 17.7 Å². The van der Waals surface area contributed by atoms with E-state index in [9.17, 15) is 0 Å². The number of rotatable bonds is 6. The van der Waals surface area contributed by atoms with Crippen molar-refractivity contribution < 1.29 is 35.5 Å². The lowest BCUT2D eigenvalue weighted by Gasteiger charge is -2.23. The Kier molecular flexibility index (Phi) is 6.88. The summed E-state index contributed by atoms with van der Waals surface area (Å²) >= 11 is 0. The van der Waals surface area contributed by atoms with E-state index in [1.54, 1.807) is 14.2 Å². The molecule has 1 aliphatic rings. The molecule has 0 bridgehead atoms. The highest BCUT2D eigenvalue weighted by atomic mass is 79.9. The smallest absolute Gasteiger partial charge is 0.171 e. The van der Waals surface area contributed by atoms with E-state index in [1.807, 2.05) is 0 Å². The van der Waals surface area contributed by atoms with Crippen LogP contribution < -0.4 is 26.5 Å². The highest BCUT2D eigenvalue weighted by molar-refractivity contribution is 5.80. The van der Waals surface area contributed by atoms with Crippen molar-refractivity contribution in [2.45, 2.75) is 12.8 Å². The Labute approximate surface area is 144 Å². The number of hydrogen-bond donors (Lipinski definition) is 0. The van der Waals surface area contributed by atoms with Gasteiger partial charge in [-0.25, -0.2) is 4.58 Å². The van der Waals surface area contributed by atoms with Crippen molar-refractivity contribution in [1.82, 2.24) is 0 Å². The summed E-state index contributed by atoms with van der Waals surface area (Å²) in [5, 5.41) is 0. The van der Waals surface area contributed by atoms with Gasteiger partial charge in [-0.3, -0.25) is 0 Å². The minimum Gasteiger partial charge on any atom is -1.00 e.